The molecule has 0 aromatic heterocycles. The fraction of sp³-hybridized carbons (Fsp3) is 0.364. The van der Waals surface area contributed by atoms with Crippen molar-refractivity contribution in [2.45, 2.75) is 31.7 Å². The number of halogens is 1. The van der Waals surface area contributed by atoms with Crippen molar-refractivity contribution in [3.05, 3.63) is 22.7 Å². The van der Waals surface area contributed by atoms with Crippen LogP contribution < -0.4 is 10.6 Å². The largest absolute Gasteiger partial charge is 0.353 e. The zero-order valence-electron chi connectivity index (χ0n) is 9.47. The minimum atomic E-state index is 0.356. The Morgan fingerprint density at radius 2 is 2.19 bits per heavy atom. The van der Waals surface area contributed by atoms with Crippen molar-refractivity contribution in [1.82, 2.24) is 5.32 Å². The second-order valence-electron chi connectivity index (χ2n) is 4.05. The van der Waals surface area contributed by atoms with Gasteiger partial charge in [0.15, 0.2) is 0 Å². The topological polar surface area (TPSA) is 36.4 Å². The van der Waals surface area contributed by atoms with Crippen LogP contribution in [0.5, 0.6) is 0 Å². The number of fused-ring (bicyclic) bond motifs is 1. The van der Waals surface area contributed by atoms with Crippen LogP contribution in [0.4, 0.5) is 5.69 Å². The molecule has 0 saturated carbocycles. The number of anilines is 1. The van der Waals surface area contributed by atoms with E-state index in [-0.39, 0.29) is 0 Å². The Morgan fingerprint density at radius 3 is 2.88 bits per heavy atom. The molecule has 0 spiro atoms. The summed E-state index contributed by atoms with van der Waals surface area (Å²) in [7, 11) is 0. The van der Waals surface area contributed by atoms with Gasteiger partial charge >= 0.3 is 0 Å². The van der Waals surface area contributed by atoms with Gasteiger partial charge in [-0.3, -0.25) is 0 Å². The van der Waals surface area contributed by atoms with Gasteiger partial charge in [-0.1, -0.05) is 11.6 Å². The van der Waals surface area contributed by atoms with Crippen molar-refractivity contribution in [2.24, 2.45) is 4.40 Å². The highest BCUT2D eigenvalue weighted by Gasteiger charge is 2.14. The standard InChI is InChI=1S/C11H14ClN3S/c1-6(2)13-11-14-9-5-8(12)7(3)4-10(9)16-15-11/h4-6H,1-3H3,(H2,13,14,15). The van der Waals surface area contributed by atoms with Crippen molar-refractivity contribution in [1.29, 1.82) is 0 Å². The highest BCUT2D eigenvalue weighted by atomic mass is 35.5. The summed E-state index contributed by atoms with van der Waals surface area (Å²) >= 11 is 7.56. The minimum absolute atomic E-state index is 0.356. The summed E-state index contributed by atoms with van der Waals surface area (Å²) in [5.74, 6) is 0.785. The zero-order chi connectivity index (χ0) is 11.7. The van der Waals surface area contributed by atoms with Gasteiger partial charge in [0, 0.05) is 23.0 Å². The number of nitrogens with one attached hydrogen (secondary N) is 2. The summed E-state index contributed by atoms with van der Waals surface area (Å²) < 4.78 is 4.35. The SMILES string of the molecule is Cc1cc2c(cc1Cl)NC(NC(C)C)=NS2. The molecule has 0 atom stereocenters. The fourth-order valence-electron chi connectivity index (χ4n) is 1.41. The average molecular weight is 256 g/mol. The van der Waals surface area contributed by atoms with Gasteiger partial charge in [0.1, 0.15) is 0 Å². The van der Waals surface area contributed by atoms with Crippen molar-refractivity contribution >= 4 is 35.2 Å². The molecule has 16 heavy (non-hydrogen) atoms. The van der Waals surface area contributed by atoms with E-state index in [0.717, 1.165) is 27.1 Å². The normalized spacial score (nSPS) is 14.2. The molecule has 1 aliphatic rings. The molecular weight excluding hydrogens is 242 g/mol. The maximum Gasteiger partial charge on any atom is 0.208 e. The number of benzene rings is 1. The lowest BCUT2D eigenvalue weighted by molar-refractivity contribution is 0.732. The number of rotatable bonds is 1. The zero-order valence-corrected chi connectivity index (χ0v) is 11.0. The molecule has 2 rings (SSSR count). The van der Waals surface area contributed by atoms with Gasteiger partial charge < -0.3 is 10.6 Å². The van der Waals surface area contributed by atoms with Crippen LogP contribution in [0.1, 0.15) is 19.4 Å². The molecule has 0 aliphatic carbocycles. The van der Waals surface area contributed by atoms with Crippen molar-refractivity contribution in [3.8, 4) is 0 Å². The Balaban J connectivity index is 2.23. The molecule has 0 saturated heterocycles. The molecular formula is C11H14ClN3S. The minimum Gasteiger partial charge on any atom is -0.353 e. The summed E-state index contributed by atoms with van der Waals surface area (Å²) in [6.45, 7) is 6.15. The van der Waals surface area contributed by atoms with Gasteiger partial charge in [-0.25, -0.2) is 0 Å². The smallest absolute Gasteiger partial charge is 0.208 e. The predicted octanol–water partition coefficient (Wildman–Crippen LogP) is 3.44. The second kappa shape index (κ2) is 4.55. The molecule has 86 valence electrons. The van der Waals surface area contributed by atoms with E-state index in [9.17, 15) is 0 Å². The number of aryl methyl sites for hydroxylation is 1. The molecule has 0 radical (unpaired) electrons. The molecule has 1 aromatic carbocycles. The summed E-state index contributed by atoms with van der Waals surface area (Å²) in [5.41, 5.74) is 2.09. The Kier molecular flexibility index (Phi) is 3.30. The van der Waals surface area contributed by atoms with Crippen LogP contribution in [0.15, 0.2) is 21.4 Å². The molecule has 2 N–H and O–H groups in total. The molecule has 5 heteroatoms. The van der Waals surface area contributed by atoms with Crippen molar-refractivity contribution in [2.75, 3.05) is 5.32 Å². The molecule has 0 amide bonds. The molecule has 1 aromatic rings. The van der Waals surface area contributed by atoms with E-state index in [2.05, 4.69) is 28.9 Å². The number of nitrogens with zero attached hydrogens (tertiary/aromatic N) is 1. The average Bonchev–Trinajstić information content (AvgIpc) is 2.19. The van der Waals surface area contributed by atoms with E-state index < -0.39 is 0 Å². The Bertz CT molecular complexity index is 443. The maximum absolute atomic E-state index is 6.09. The molecule has 0 unspecified atom stereocenters. The Labute approximate surface area is 105 Å². The third-order valence-corrected chi connectivity index (χ3v) is 3.39. The first-order valence-corrected chi connectivity index (χ1v) is 6.30. The van der Waals surface area contributed by atoms with Crippen LogP contribution in [0, 0.1) is 6.92 Å². The Hall–Kier alpha value is -0.870. The van der Waals surface area contributed by atoms with Gasteiger partial charge in [0.2, 0.25) is 5.96 Å². The van der Waals surface area contributed by atoms with Gasteiger partial charge in [-0.15, -0.1) is 0 Å². The number of hydrogen-bond acceptors (Lipinski definition) is 4. The summed E-state index contributed by atoms with van der Waals surface area (Å²) in [5, 5.41) is 7.24. The third-order valence-electron chi connectivity index (χ3n) is 2.17. The maximum atomic E-state index is 6.09. The lowest BCUT2D eigenvalue weighted by atomic mass is 10.2. The van der Waals surface area contributed by atoms with Crippen molar-refractivity contribution < 1.29 is 0 Å². The lowest BCUT2D eigenvalue weighted by Crippen LogP contribution is -2.36. The van der Waals surface area contributed by atoms with Gasteiger partial charge in [0.05, 0.1) is 10.6 Å². The summed E-state index contributed by atoms with van der Waals surface area (Å²) in [6.07, 6.45) is 0. The van der Waals surface area contributed by atoms with Gasteiger partial charge in [-0.05, 0) is 38.5 Å². The highest BCUT2D eigenvalue weighted by molar-refractivity contribution is 7.98. The van der Waals surface area contributed by atoms with E-state index in [4.69, 9.17) is 11.6 Å². The van der Waals surface area contributed by atoms with Crippen LogP contribution in [-0.2, 0) is 0 Å². The Morgan fingerprint density at radius 1 is 1.44 bits per heavy atom. The first kappa shape index (κ1) is 11.6. The van der Waals surface area contributed by atoms with E-state index in [1.165, 1.54) is 11.9 Å². The van der Waals surface area contributed by atoms with Gasteiger partial charge in [0.25, 0.3) is 0 Å². The van der Waals surface area contributed by atoms with E-state index >= 15 is 0 Å². The quantitative estimate of drug-likeness (QED) is 0.755. The predicted molar refractivity (Wildman–Crippen MR) is 71.4 cm³/mol. The third kappa shape index (κ3) is 2.44. The molecule has 1 aliphatic heterocycles. The van der Waals surface area contributed by atoms with Gasteiger partial charge in [-0.2, -0.15) is 4.40 Å². The number of guanidine groups is 1. The van der Waals surface area contributed by atoms with Crippen LogP contribution in [0.2, 0.25) is 5.02 Å². The first-order chi connectivity index (χ1) is 7.56. The highest BCUT2D eigenvalue weighted by Crippen LogP contribution is 2.35. The van der Waals surface area contributed by atoms with E-state index in [0.29, 0.717) is 6.04 Å². The second-order valence-corrected chi connectivity index (χ2v) is 5.26. The molecule has 0 bridgehead atoms. The van der Waals surface area contributed by atoms with Crippen LogP contribution in [-0.4, -0.2) is 12.0 Å². The van der Waals surface area contributed by atoms with E-state index in [1.54, 1.807) is 0 Å². The van der Waals surface area contributed by atoms with E-state index in [1.807, 2.05) is 19.1 Å². The summed E-state index contributed by atoms with van der Waals surface area (Å²) in [6, 6.07) is 4.34. The van der Waals surface area contributed by atoms with Crippen LogP contribution in [0.3, 0.4) is 0 Å². The number of hydrogen-bond donors (Lipinski definition) is 2. The molecule has 1 heterocycles. The van der Waals surface area contributed by atoms with Crippen LogP contribution in [0.25, 0.3) is 0 Å². The first-order valence-electron chi connectivity index (χ1n) is 5.15. The monoisotopic (exact) mass is 255 g/mol. The molecule has 0 fully saturated rings. The van der Waals surface area contributed by atoms with Crippen molar-refractivity contribution in [3.63, 3.8) is 0 Å². The lowest BCUT2D eigenvalue weighted by Gasteiger charge is -2.20. The summed E-state index contributed by atoms with van der Waals surface area (Å²) in [4.78, 5) is 1.11. The molecule has 3 nitrogen and oxygen atoms in total. The fourth-order valence-corrected chi connectivity index (χ4v) is 2.30. The van der Waals surface area contributed by atoms with Crippen LogP contribution >= 0.6 is 23.5 Å².